The van der Waals surface area contributed by atoms with Crippen LogP contribution in [0.3, 0.4) is 0 Å². The molecule has 2 aliphatic heterocycles. The number of ketones is 1. The Morgan fingerprint density at radius 1 is 1.04 bits per heavy atom. The molecule has 4 rings (SSSR count). The van der Waals surface area contributed by atoms with E-state index in [2.05, 4.69) is 4.90 Å². The van der Waals surface area contributed by atoms with E-state index in [0.717, 1.165) is 55.7 Å². The summed E-state index contributed by atoms with van der Waals surface area (Å²) in [6.07, 6.45) is 2.09. The highest BCUT2D eigenvalue weighted by Gasteiger charge is 2.30. The van der Waals surface area contributed by atoms with Crippen molar-refractivity contribution in [3.8, 4) is 0 Å². The monoisotopic (exact) mass is 398 g/mol. The van der Waals surface area contributed by atoms with E-state index >= 15 is 0 Å². The number of likely N-dealkylation sites (tertiary alicyclic amines) is 1. The van der Waals surface area contributed by atoms with Crippen molar-refractivity contribution in [2.24, 2.45) is 5.92 Å². The first-order chi connectivity index (χ1) is 13.1. The van der Waals surface area contributed by atoms with E-state index in [1.54, 1.807) is 0 Å². The van der Waals surface area contributed by atoms with E-state index < -0.39 is 0 Å². The maximum absolute atomic E-state index is 12.5. The molecule has 2 aliphatic rings. The zero-order valence-corrected chi connectivity index (χ0v) is 17.1. The lowest BCUT2D eigenvalue weighted by molar-refractivity contribution is 0.0707. The van der Waals surface area contributed by atoms with Gasteiger partial charge >= 0.3 is 0 Å². The van der Waals surface area contributed by atoms with Crippen LogP contribution in [0.2, 0.25) is 0 Å². The largest absolute Gasteiger partial charge is 0.334 e. The number of benzene rings is 2. The van der Waals surface area contributed by atoms with Gasteiger partial charge in [-0.1, -0.05) is 48.0 Å². The number of carbonyl (C=O) groups excluding carboxylic acids is 2. The third-order valence-corrected chi connectivity index (χ3v) is 5.82. The number of Topliss-reactive ketones (excluding diaryl/α,β-unsaturated/α-hetero) is 1. The molecular weight excluding hydrogens is 372 g/mol. The van der Waals surface area contributed by atoms with Gasteiger partial charge in [0, 0.05) is 24.2 Å². The fraction of sp³-hybridized carbons (Fsp3) is 0.391. The topological polar surface area (TPSA) is 40.6 Å². The van der Waals surface area contributed by atoms with Crippen LogP contribution in [0.1, 0.15) is 44.7 Å². The van der Waals surface area contributed by atoms with Crippen LogP contribution in [0.15, 0.2) is 48.5 Å². The molecule has 2 aromatic rings. The molecule has 0 bridgehead atoms. The third kappa shape index (κ3) is 4.45. The zero-order chi connectivity index (χ0) is 18.8. The molecule has 1 saturated heterocycles. The number of piperidine rings is 1. The van der Waals surface area contributed by atoms with E-state index in [1.165, 1.54) is 5.56 Å². The Kier molecular flexibility index (Phi) is 6.53. The number of hydrogen-bond acceptors (Lipinski definition) is 3. The Morgan fingerprint density at radius 2 is 1.71 bits per heavy atom. The molecule has 0 unspecified atom stereocenters. The first kappa shape index (κ1) is 20.6. The van der Waals surface area contributed by atoms with Crippen molar-refractivity contribution in [3.63, 3.8) is 0 Å². The molecule has 0 aliphatic carbocycles. The van der Waals surface area contributed by atoms with Gasteiger partial charge in [0.1, 0.15) is 0 Å². The first-order valence-corrected chi connectivity index (χ1v) is 9.79. The van der Waals surface area contributed by atoms with Crippen molar-refractivity contribution in [1.29, 1.82) is 0 Å². The minimum absolute atomic E-state index is 0. The normalized spacial score (nSPS) is 17.3. The van der Waals surface area contributed by atoms with Crippen molar-refractivity contribution >= 4 is 24.1 Å². The molecule has 2 aromatic carbocycles. The van der Waals surface area contributed by atoms with Gasteiger partial charge in [0.2, 0.25) is 0 Å². The first-order valence-electron chi connectivity index (χ1n) is 9.79. The minimum Gasteiger partial charge on any atom is -0.334 e. The van der Waals surface area contributed by atoms with E-state index in [9.17, 15) is 9.59 Å². The molecule has 2 heterocycles. The number of aryl methyl sites for hydroxylation is 1. The molecule has 4 nitrogen and oxygen atoms in total. The molecule has 0 atom stereocenters. The van der Waals surface area contributed by atoms with Crippen LogP contribution in [-0.4, -0.2) is 47.7 Å². The Hall–Kier alpha value is -2.17. The Balaban J connectivity index is 0.00000225. The quantitative estimate of drug-likeness (QED) is 0.715. The second-order valence-electron chi connectivity index (χ2n) is 7.85. The lowest BCUT2D eigenvalue weighted by Gasteiger charge is -2.33. The van der Waals surface area contributed by atoms with Crippen LogP contribution in [0.5, 0.6) is 0 Å². The van der Waals surface area contributed by atoms with Gasteiger partial charge in [-0.05, 0) is 50.4 Å². The number of nitrogens with zero attached hydrogens (tertiary/aromatic N) is 2. The van der Waals surface area contributed by atoms with Crippen LogP contribution in [0.4, 0.5) is 0 Å². The fourth-order valence-corrected chi connectivity index (χ4v) is 4.13. The van der Waals surface area contributed by atoms with Gasteiger partial charge in [-0.15, -0.1) is 12.4 Å². The Bertz CT molecular complexity index is 842. The molecule has 1 amide bonds. The van der Waals surface area contributed by atoms with Gasteiger partial charge in [0.05, 0.1) is 6.54 Å². The number of halogens is 1. The summed E-state index contributed by atoms with van der Waals surface area (Å²) >= 11 is 0. The van der Waals surface area contributed by atoms with Crippen LogP contribution < -0.4 is 0 Å². The van der Waals surface area contributed by atoms with Gasteiger partial charge in [-0.3, -0.25) is 14.5 Å². The lowest BCUT2D eigenvalue weighted by Crippen LogP contribution is -2.40. The van der Waals surface area contributed by atoms with Gasteiger partial charge in [-0.25, -0.2) is 0 Å². The molecule has 1 fully saturated rings. The summed E-state index contributed by atoms with van der Waals surface area (Å²) < 4.78 is 0. The second-order valence-corrected chi connectivity index (χ2v) is 7.85. The highest BCUT2D eigenvalue weighted by atomic mass is 35.5. The maximum Gasteiger partial charge on any atom is 0.254 e. The van der Waals surface area contributed by atoms with Gasteiger partial charge in [0.25, 0.3) is 5.91 Å². The highest BCUT2D eigenvalue weighted by molar-refractivity contribution is 5.98. The van der Waals surface area contributed by atoms with E-state index in [0.29, 0.717) is 12.5 Å². The van der Waals surface area contributed by atoms with Crippen LogP contribution in [-0.2, 0) is 6.54 Å². The van der Waals surface area contributed by atoms with Crippen LogP contribution >= 0.6 is 12.4 Å². The third-order valence-electron chi connectivity index (χ3n) is 5.82. The van der Waals surface area contributed by atoms with Gasteiger partial charge in [0.15, 0.2) is 5.78 Å². The summed E-state index contributed by atoms with van der Waals surface area (Å²) in [4.78, 5) is 29.2. The van der Waals surface area contributed by atoms with Crippen LogP contribution in [0, 0.1) is 12.8 Å². The molecular formula is C23H27ClN2O2. The molecule has 5 heteroatoms. The molecule has 0 N–H and O–H groups in total. The molecule has 0 saturated carbocycles. The second kappa shape index (κ2) is 8.89. The van der Waals surface area contributed by atoms with E-state index in [1.807, 2.05) is 60.4 Å². The molecule has 0 radical (unpaired) electrons. The molecule has 0 spiro atoms. The smallest absolute Gasteiger partial charge is 0.254 e. The average Bonchev–Trinajstić information content (AvgIpc) is 3.00. The maximum atomic E-state index is 12.5. The predicted octanol–water partition coefficient (Wildman–Crippen LogP) is 3.97. The van der Waals surface area contributed by atoms with Crippen molar-refractivity contribution < 1.29 is 9.59 Å². The van der Waals surface area contributed by atoms with Crippen molar-refractivity contribution in [3.05, 3.63) is 70.8 Å². The SMILES string of the molecule is Cc1ccc(C(=O)CN2CCC(CN3Cc4ccccc4C3=O)CC2)cc1.Cl. The summed E-state index contributed by atoms with van der Waals surface area (Å²) in [5, 5.41) is 0. The van der Waals surface area contributed by atoms with Crippen molar-refractivity contribution in [1.82, 2.24) is 9.80 Å². The molecule has 28 heavy (non-hydrogen) atoms. The lowest BCUT2D eigenvalue weighted by atomic mass is 9.95. The summed E-state index contributed by atoms with van der Waals surface area (Å²) in [5.74, 6) is 0.884. The number of rotatable bonds is 5. The Morgan fingerprint density at radius 3 is 2.39 bits per heavy atom. The summed E-state index contributed by atoms with van der Waals surface area (Å²) in [5.41, 5.74) is 3.97. The standard InChI is InChI=1S/C23H26N2O2.ClH/c1-17-6-8-19(9-7-17)22(26)16-24-12-10-18(11-13-24)14-25-15-20-4-2-3-5-21(20)23(25)27;/h2-9,18H,10-16H2,1H3;1H. The predicted molar refractivity (Wildman–Crippen MR) is 113 cm³/mol. The molecule has 148 valence electrons. The number of amides is 1. The minimum atomic E-state index is 0. The van der Waals surface area contributed by atoms with E-state index in [4.69, 9.17) is 0 Å². The fourth-order valence-electron chi connectivity index (χ4n) is 4.13. The number of carbonyl (C=O) groups is 2. The summed E-state index contributed by atoms with van der Waals surface area (Å²) in [6, 6.07) is 15.7. The van der Waals surface area contributed by atoms with Gasteiger partial charge < -0.3 is 4.90 Å². The average molecular weight is 399 g/mol. The summed E-state index contributed by atoms with van der Waals surface area (Å²) in [6.45, 7) is 5.94. The van der Waals surface area contributed by atoms with Crippen molar-refractivity contribution in [2.45, 2.75) is 26.3 Å². The number of hydrogen-bond donors (Lipinski definition) is 0. The summed E-state index contributed by atoms with van der Waals surface area (Å²) in [7, 11) is 0. The van der Waals surface area contributed by atoms with Crippen LogP contribution in [0.25, 0.3) is 0 Å². The van der Waals surface area contributed by atoms with Crippen molar-refractivity contribution in [2.75, 3.05) is 26.2 Å². The highest BCUT2D eigenvalue weighted by Crippen LogP contribution is 2.26. The zero-order valence-electron chi connectivity index (χ0n) is 16.3. The molecule has 0 aromatic heterocycles. The van der Waals surface area contributed by atoms with E-state index in [-0.39, 0.29) is 24.1 Å². The number of fused-ring (bicyclic) bond motifs is 1. The Labute approximate surface area is 172 Å². The van der Waals surface area contributed by atoms with Gasteiger partial charge in [-0.2, -0.15) is 0 Å².